The van der Waals surface area contributed by atoms with E-state index in [0.29, 0.717) is 0 Å². The van der Waals surface area contributed by atoms with Gasteiger partial charge in [0.25, 0.3) is 0 Å². The van der Waals surface area contributed by atoms with Crippen LogP contribution in [-0.2, 0) is 14.4 Å². The van der Waals surface area contributed by atoms with Crippen LogP contribution >= 0.6 is 0 Å². The van der Waals surface area contributed by atoms with Crippen molar-refractivity contribution in [1.29, 1.82) is 0 Å². The number of nitrogens with zero attached hydrogens (tertiary/aromatic N) is 3. The third kappa shape index (κ3) is 2.47. The monoisotopic (exact) mass is 353 g/mol. The molecule has 0 N–H and O–H groups in total. The molecule has 3 aliphatic rings. The Balaban J connectivity index is 1.48. The van der Waals surface area contributed by atoms with E-state index >= 15 is 0 Å². The van der Waals surface area contributed by atoms with Crippen molar-refractivity contribution >= 4 is 17.7 Å². The van der Waals surface area contributed by atoms with Crippen molar-refractivity contribution in [2.75, 3.05) is 13.6 Å². The number of allylic oxidation sites excluding steroid dienone is 2. The van der Waals surface area contributed by atoms with Gasteiger partial charge in [0.2, 0.25) is 17.7 Å². The second-order valence-electron chi connectivity index (χ2n) is 7.47. The summed E-state index contributed by atoms with van der Waals surface area (Å²) in [7, 11) is 1.73. The van der Waals surface area contributed by atoms with E-state index in [9.17, 15) is 14.4 Å². The molecule has 2 fully saturated rings. The Hall–Kier alpha value is -2.50. The minimum atomic E-state index is -0.252. The summed E-state index contributed by atoms with van der Waals surface area (Å²) >= 11 is 0. The van der Waals surface area contributed by atoms with E-state index in [2.05, 4.69) is 17.1 Å². The Kier molecular flexibility index (Phi) is 4.13. The molecule has 3 amide bonds. The fourth-order valence-corrected chi connectivity index (χ4v) is 4.86. The summed E-state index contributed by atoms with van der Waals surface area (Å²) in [5, 5.41) is 0. The van der Waals surface area contributed by atoms with Crippen LogP contribution in [0.4, 0.5) is 0 Å². The summed E-state index contributed by atoms with van der Waals surface area (Å²) in [6, 6.07) is 3.67. The molecule has 136 valence electrons. The van der Waals surface area contributed by atoms with Crippen LogP contribution in [0.25, 0.3) is 0 Å². The van der Waals surface area contributed by atoms with Gasteiger partial charge in [-0.1, -0.05) is 19.1 Å². The van der Waals surface area contributed by atoms with Crippen LogP contribution in [0.3, 0.4) is 0 Å². The molecule has 4 rings (SSSR count). The number of carbonyl (C=O) groups is 3. The molecule has 1 aromatic rings. The largest absolute Gasteiger partial charge is 0.337 e. The van der Waals surface area contributed by atoms with Gasteiger partial charge in [-0.05, 0) is 42.4 Å². The highest BCUT2D eigenvalue weighted by atomic mass is 16.2. The van der Waals surface area contributed by atoms with E-state index in [4.69, 9.17) is 0 Å². The van der Waals surface area contributed by atoms with Crippen LogP contribution in [0.2, 0.25) is 0 Å². The Morgan fingerprint density at radius 1 is 1.19 bits per heavy atom. The molecule has 0 radical (unpaired) electrons. The second kappa shape index (κ2) is 6.34. The summed E-state index contributed by atoms with van der Waals surface area (Å²) in [6.07, 6.45) is 9.17. The number of pyridine rings is 1. The zero-order valence-corrected chi connectivity index (χ0v) is 15.0. The number of aromatic nitrogens is 1. The number of hydrogen-bond donors (Lipinski definition) is 0. The molecule has 1 aliphatic heterocycles. The van der Waals surface area contributed by atoms with Crippen LogP contribution in [0.5, 0.6) is 0 Å². The molecule has 2 heterocycles. The van der Waals surface area contributed by atoms with E-state index in [1.54, 1.807) is 24.3 Å². The highest BCUT2D eigenvalue weighted by Gasteiger charge is 2.59. The molecule has 0 aromatic carbocycles. The Morgan fingerprint density at radius 3 is 2.31 bits per heavy atom. The molecule has 6 nitrogen and oxygen atoms in total. The van der Waals surface area contributed by atoms with Gasteiger partial charge in [-0.2, -0.15) is 0 Å². The molecule has 1 saturated heterocycles. The van der Waals surface area contributed by atoms with E-state index in [-0.39, 0.29) is 54.0 Å². The predicted octanol–water partition coefficient (Wildman–Crippen LogP) is 1.80. The minimum absolute atomic E-state index is 0.101. The normalized spacial score (nSPS) is 30.0. The molecule has 0 spiro atoms. The number of amides is 3. The van der Waals surface area contributed by atoms with Gasteiger partial charge in [0, 0.05) is 19.4 Å². The van der Waals surface area contributed by atoms with E-state index in [1.807, 2.05) is 19.1 Å². The van der Waals surface area contributed by atoms with Gasteiger partial charge in [-0.25, -0.2) is 0 Å². The van der Waals surface area contributed by atoms with Crippen molar-refractivity contribution in [2.24, 2.45) is 23.7 Å². The van der Waals surface area contributed by atoms with Crippen molar-refractivity contribution in [3.63, 3.8) is 0 Å². The lowest BCUT2D eigenvalue weighted by molar-refractivity contribution is -0.147. The maximum absolute atomic E-state index is 12.8. The smallest absolute Gasteiger partial charge is 0.242 e. The topological polar surface area (TPSA) is 70.6 Å². The minimum Gasteiger partial charge on any atom is -0.337 e. The zero-order valence-electron chi connectivity index (χ0n) is 15.0. The SMILES string of the molecule is CCC(c1ccncc1)N(C)C(=O)CN1C(=O)C2C3C=CC(C3)C2C1=O. The van der Waals surface area contributed by atoms with Crippen molar-refractivity contribution in [3.05, 3.63) is 42.2 Å². The lowest BCUT2D eigenvalue weighted by atomic mass is 9.85. The number of likely N-dealkylation sites (tertiary alicyclic amines) is 1. The van der Waals surface area contributed by atoms with Crippen LogP contribution in [0, 0.1) is 23.7 Å². The average Bonchev–Trinajstić information content (AvgIpc) is 3.33. The first-order valence-corrected chi connectivity index (χ1v) is 9.22. The Morgan fingerprint density at radius 2 is 1.77 bits per heavy atom. The first-order valence-electron chi connectivity index (χ1n) is 9.22. The molecule has 26 heavy (non-hydrogen) atoms. The molecule has 5 unspecified atom stereocenters. The van der Waals surface area contributed by atoms with E-state index in [1.165, 1.54) is 4.90 Å². The lowest BCUT2D eigenvalue weighted by Crippen LogP contribution is -2.43. The van der Waals surface area contributed by atoms with Crippen LogP contribution < -0.4 is 0 Å². The molecule has 1 aromatic heterocycles. The molecule has 2 aliphatic carbocycles. The number of rotatable bonds is 5. The highest BCUT2D eigenvalue weighted by Crippen LogP contribution is 2.52. The Labute approximate surface area is 152 Å². The zero-order chi connectivity index (χ0) is 18.4. The van der Waals surface area contributed by atoms with E-state index < -0.39 is 0 Å². The number of imide groups is 1. The van der Waals surface area contributed by atoms with Crippen LogP contribution in [-0.4, -0.2) is 46.1 Å². The molecular weight excluding hydrogens is 330 g/mol. The fraction of sp³-hybridized carbons (Fsp3) is 0.500. The molecule has 6 heteroatoms. The van der Waals surface area contributed by atoms with Gasteiger partial charge in [0.05, 0.1) is 17.9 Å². The van der Waals surface area contributed by atoms with Gasteiger partial charge >= 0.3 is 0 Å². The lowest BCUT2D eigenvalue weighted by Gasteiger charge is -2.29. The van der Waals surface area contributed by atoms with Gasteiger partial charge < -0.3 is 4.90 Å². The molecule has 5 atom stereocenters. The summed E-state index contributed by atoms with van der Waals surface area (Å²) in [4.78, 5) is 45.1. The maximum atomic E-state index is 12.8. The van der Waals surface area contributed by atoms with E-state index in [0.717, 1.165) is 18.4 Å². The van der Waals surface area contributed by atoms with Gasteiger partial charge in [0.15, 0.2) is 0 Å². The van der Waals surface area contributed by atoms with Gasteiger partial charge in [0.1, 0.15) is 6.54 Å². The van der Waals surface area contributed by atoms with Crippen molar-refractivity contribution in [3.8, 4) is 0 Å². The third-order valence-corrected chi connectivity index (χ3v) is 6.19. The fourth-order valence-electron chi connectivity index (χ4n) is 4.86. The maximum Gasteiger partial charge on any atom is 0.242 e. The third-order valence-electron chi connectivity index (χ3n) is 6.19. The quantitative estimate of drug-likeness (QED) is 0.598. The molecular formula is C20H23N3O3. The summed E-state index contributed by atoms with van der Waals surface area (Å²) in [6.45, 7) is 1.84. The molecule has 1 saturated carbocycles. The number of likely N-dealkylation sites (N-methyl/N-ethyl adjacent to an activating group) is 1. The summed E-state index contributed by atoms with van der Waals surface area (Å²) in [5.74, 6) is -0.726. The second-order valence-corrected chi connectivity index (χ2v) is 7.47. The van der Waals surface area contributed by atoms with Crippen molar-refractivity contribution in [2.45, 2.75) is 25.8 Å². The highest BCUT2D eigenvalue weighted by molar-refractivity contribution is 6.08. The van der Waals surface area contributed by atoms with Crippen molar-refractivity contribution in [1.82, 2.24) is 14.8 Å². The first kappa shape index (κ1) is 16.9. The van der Waals surface area contributed by atoms with Crippen molar-refractivity contribution < 1.29 is 14.4 Å². The summed E-state index contributed by atoms with van der Waals surface area (Å²) < 4.78 is 0. The van der Waals surface area contributed by atoms with Gasteiger partial charge in [-0.3, -0.25) is 24.3 Å². The van der Waals surface area contributed by atoms with Crippen LogP contribution in [0.1, 0.15) is 31.4 Å². The number of hydrogen-bond acceptors (Lipinski definition) is 4. The van der Waals surface area contributed by atoms with Gasteiger partial charge in [-0.15, -0.1) is 0 Å². The molecule has 2 bridgehead atoms. The standard InChI is InChI=1S/C20H23N3O3/c1-3-15(12-6-8-21-9-7-12)22(2)16(24)11-23-19(25)17-13-4-5-14(10-13)18(17)20(23)26/h4-9,13-15,17-18H,3,10-11H2,1-2H3. The predicted molar refractivity (Wildman–Crippen MR) is 94.5 cm³/mol. The number of carbonyl (C=O) groups excluding carboxylic acids is 3. The average molecular weight is 353 g/mol. The first-order chi connectivity index (χ1) is 12.5. The van der Waals surface area contributed by atoms with Crippen LogP contribution in [0.15, 0.2) is 36.7 Å². The number of fused-ring (bicyclic) bond motifs is 5. The summed E-state index contributed by atoms with van der Waals surface area (Å²) in [5.41, 5.74) is 0.997. The Bertz CT molecular complexity index is 746.